The minimum atomic E-state index is -3.49. The molecule has 5 heteroatoms. The minimum Gasteiger partial charge on any atom is -0.383 e. The molecule has 66 valence electrons. The number of nitrogens with two attached hydrogens (primary N) is 1. The fraction of sp³-hybridized carbons (Fsp3) is 0.667. The van der Waals surface area contributed by atoms with Gasteiger partial charge in [0.25, 0.3) is 0 Å². The van der Waals surface area contributed by atoms with Crippen molar-refractivity contribution in [3.05, 3.63) is 11.1 Å². The van der Waals surface area contributed by atoms with Crippen LogP contribution in [0.3, 0.4) is 0 Å². The number of sulfonamides is 1. The van der Waals surface area contributed by atoms with Crippen molar-refractivity contribution >= 4 is 10.0 Å². The summed E-state index contributed by atoms with van der Waals surface area (Å²) in [6.07, 6.45) is 1.94. The highest BCUT2D eigenvalue weighted by Gasteiger charge is 2.08. The minimum absolute atomic E-state index is 0.252. The van der Waals surface area contributed by atoms with E-state index in [1.807, 2.05) is 0 Å². The van der Waals surface area contributed by atoms with Gasteiger partial charge in [0.15, 0.2) is 0 Å². The summed E-state index contributed by atoms with van der Waals surface area (Å²) in [6.45, 7) is 1.75. The molecule has 0 spiro atoms. The maximum atomic E-state index is 10.8. The molecule has 0 amide bonds. The van der Waals surface area contributed by atoms with Crippen LogP contribution in [0.2, 0.25) is 0 Å². The largest absolute Gasteiger partial charge is 0.383 e. The molecule has 0 aliphatic carbocycles. The van der Waals surface area contributed by atoms with Crippen LogP contribution in [0.1, 0.15) is 13.3 Å². The Kier molecular flexibility index (Phi) is 3.54. The molecule has 0 aromatic rings. The van der Waals surface area contributed by atoms with Crippen molar-refractivity contribution in [2.75, 3.05) is 14.1 Å². The van der Waals surface area contributed by atoms with Crippen LogP contribution in [-0.2, 0) is 10.0 Å². The number of rotatable bonds is 3. The summed E-state index contributed by atoms with van der Waals surface area (Å²) in [5.41, 5.74) is 0. The molecule has 0 radical (unpaired) electrons. The molecule has 2 N–H and O–H groups in total. The van der Waals surface area contributed by atoms with E-state index in [2.05, 4.69) is 0 Å². The average Bonchev–Trinajstić information content (AvgIpc) is 1.79. The van der Waals surface area contributed by atoms with Crippen molar-refractivity contribution in [1.82, 2.24) is 4.90 Å². The Labute approximate surface area is 67.7 Å². The van der Waals surface area contributed by atoms with E-state index in [-0.39, 0.29) is 4.91 Å². The lowest BCUT2D eigenvalue weighted by Gasteiger charge is -2.07. The second-order valence-electron chi connectivity index (χ2n) is 2.46. The SMILES string of the molecule is CC/C(=C\N(C)C)S(N)(=O)=O. The van der Waals surface area contributed by atoms with Gasteiger partial charge in [0, 0.05) is 20.3 Å². The van der Waals surface area contributed by atoms with Crippen molar-refractivity contribution in [1.29, 1.82) is 0 Å². The van der Waals surface area contributed by atoms with Gasteiger partial charge in [-0.25, -0.2) is 13.6 Å². The van der Waals surface area contributed by atoms with Gasteiger partial charge < -0.3 is 4.90 Å². The molecule has 0 fully saturated rings. The number of primary sulfonamides is 1. The van der Waals surface area contributed by atoms with Crippen molar-refractivity contribution in [3.63, 3.8) is 0 Å². The van der Waals surface area contributed by atoms with E-state index in [4.69, 9.17) is 5.14 Å². The lowest BCUT2D eigenvalue weighted by Crippen LogP contribution is -2.16. The van der Waals surface area contributed by atoms with E-state index in [1.165, 1.54) is 6.20 Å². The number of nitrogens with zero attached hydrogens (tertiary/aromatic N) is 1. The van der Waals surface area contributed by atoms with Crippen LogP contribution in [0.4, 0.5) is 0 Å². The Morgan fingerprint density at radius 2 is 2.00 bits per heavy atom. The summed E-state index contributed by atoms with van der Waals surface area (Å²) in [7, 11) is 0.0111. The first kappa shape index (κ1) is 10.4. The molecule has 0 bridgehead atoms. The van der Waals surface area contributed by atoms with Crippen LogP contribution in [0.25, 0.3) is 0 Å². The normalized spacial score (nSPS) is 13.3. The van der Waals surface area contributed by atoms with Gasteiger partial charge in [-0.15, -0.1) is 0 Å². The third-order valence-corrected chi connectivity index (χ3v) is 2.24. The maximum Gasteiger partial charge on any atom is 0.235 e. The Morgan fingerprint density at radius 3 is 2.09 bits per heavy atom. The summed E-state index contributed by atoms with van der Waals surface area (Å²) in [6, 6.07) is 0. The van der Waals surface area contributed by atoms with Crippen molar-refractivity contribution < 1.29 is 8.42 Å². The molecule has 0 saturated heterocycles. The van der Waals surface area contributed by atoms with E-state index in [0.29, 0.717) is 6.42 Å². The van der Waals surface area contributed by atoms with E-state index >= 15 is 0 Å². The topological polar surface area (TPSA) is 63.4 Å². The second-order valence-corrected chi connectivity index (χ2v) is 4.07. The molecule has 0 aliphatic heterocycles. The number of hydrogen-bond donors (Lipinski definition) is 1. The zero-order valence-electron chi connectivity index (χ0n) is 7.03. The first-order valence-corrected chi connectivity index (χ1v) is 4.82. The lowest BCUT2D eigenvalue weighted by molar-refractivity contribution is 0.555. The average molecular weight is 178 g/mol. The standard InChI is InChI=1S/C6H14N2O2S/c1-4-6(5-8(2)3)11(7,9)10/h5H,4H2,1-3H3,(H2,7,9,10)/b6-5+. The van der Waals surface area contributed by atoms with Crippen LogP contribution >= 0.6 is 0 Å². The predicted octanol–water partition coefficient (Wildman–Crippen LogP) is 0.0879. The lowest BCUT2D eigenvalue weighted by atomic mass is 10.4. The third kappa shape index (κ3) is 4.00. The maximum absolute atomic E-state index is 10.8. The summed E-state index contributed by atoms with van der Waals surface area (Å²) < 4.78 is 21.6. The highest BCUT2D eigenvalue weighted by atomic mass is 32.2. The molecule has 11 heavy (non-hydrogen) atoms. The van der Waals surface area contributed by atoms with Crippen LogP contribution < -0.4 is 5.14 Å². The molecule has 0 aliphatic rings. The Hall–Kier alpha value is -0.550. The van der Waals surface area contributed by atoms with Gasteiger partial charge in [-0.2, -0.15) is 0 Å². The Balaban J connectivity index is 4.70. The molecular formula is C6H14N2O2S. The summed E-state index contributed by atoms with van der Waals surface area (Å²) in [4.78, 5) is 1.91. The van der Waals surface area contributed by atoms with Crippen LogP contribution in [0, 0.1) is 0 Å². The fourth-order valence-corrected chi connectivity index (χ4v) is 1.41. The zero-order valence-corrected chi connectivity index (χ0v) is 7.85. The molecule has 0 aromatic carbocycles. The monoisotopic (exact) mass is 178 g/mol. The van der Waals surface area contributed by atoms with Gasteiger partial charge in [-0.1, -0.05) is 6.92 Å². The summed E-state index contributed by atoms with van der Waals surface area (Å²) >= 11 is 0. The highest BCUT2D eigenvalue weighted by molar-refractivity contribution is 7.93. The molecular weight excluding hydrogens is 164 g/mol. The third-order valence-electron chi connectivity index (χ3n) is 1.12. The number of hydrogen-bond acceptors (Lipinski definition) is 3. The summed E-state index contributed by atoms with van der Waals surface area (Å²) in [5, 5.41) is 4.92. The Morgan fingerprint density at radius 1 is 1.55 bits per heavy atom. The highest BCUT2D eigenvalue weighted by Crippen LogP contribution is 2.06. The van der Waals surface area contributed by atoms with E-state index in [1.54, 1.807) is 25.9 Å². The second kappa shape index (κ2) is 3.73. The van der Waals surface area contributed by atoms with Gasteiger partial charge in [-0.3, -0.25) is 0 Å². The zero-order chi connectivity index (χ0) is 9.07. The Bertz CT molecular complexity index is 241. The van der Waals surface area contributed by atoms with Crippen LogP contribution in [0.15, 0.2) is 11.1 Å². The van der Waals surface area contributed by atoms with Gasteiger partial charge >= 0.3 is 0 Å². The van der Waals surface area contributed by atoms with Gasteiger partial charge in [0.2, 0.25) is 10.0 Å². The quantitative estimate of drug-likeness (QED) is 0.666. The van der Waals surface area contributed by atoms with Crippen LogP contribution in [0.5, 0.6) is 0 Å². The van der Waals surface area contributed by atoms with Gasteiger partial charge in [0.05, 0.1) is 4.91 Å². The van der Waals surface area contributed by atoms with Gasteiger partial charge in [0.1, 0.15) is 0 Å². The van der Waals surface area contributed by atoms with Crippen LogP contribution in [-0.4, -0.2) is 27.4 Å². The molecule has 0 aromatic heterocycles. The molecule has 0 rings (SSSR count). The smallest absolute Gasteiger partial charge is 0.235 e. The number of allylic oxidation sites excluding steroid dienone is 1. The summed E-state index contributed by atoms with van der Waals surface area (Å²) in [5.74, 6) is 0. The van der Waals surface area contributed by atoms with Gasteiger partial charge in [-0.05, 0) is 6.42 Å². The molecule has 0 atom stereocenters. The van der Waals surface area contributed by atoms with Crippen molar-refractivity contribution in [2.24, 2.45) is 5.14 Å². The first-order valence-electron chi connectivity index (χ1n) is 3.28. The van der Waals surface area contributed by atoms with E-state index in [9.17, 15) is 8.42 Å². The molecule has 0 saturated carbocycles. The van der Waals surface area contributed by atoms with Crippen molar-refractivity contribution in [2.45, 2.75) is 13.3 Å². The molecule has 4 nitrogen and oxygen atoms in total. The van der Waals surface area contributed by atoms with E-state index < -0.39 is 10.0 Å². The molecule has 0 unspecified atom stereocenters. The predicted molar refractivity (Wildman–Crippen MR) is 45.2 cm³/mol. The molecule has 0 heterocycles. The van der Waals surface area contributed by atoms with Crippen molar-refractivity contribution in [3.8, 4) is 0 Å². The fourth-order valence-electron chi connectivity index (χ4n) is 0.654. The van der Waals surface area contributed by atoms with E-state index in [0.717, 1.165) is 0 Å². The first-order chi connectivity index (χ1) is 4.88.